The molecule has 2 heterocycles. The number of pyridine rings is 1. The highest BCUT2D eigenvalue weighted by Gasteiger charge is 2.33. The van der Waals surface area contributed by atoms with E-state index >= 15 is 0 Å². The summed E-state index contributed by atoms with van der Waals surface area (Å²) in [6.45, 7) is 1.91. The van der Waals surface area contributed by atoms with Crippen LogP contribution in [0.1, 0.15) is 32.6 Å². The predicted molar refractivity (Wildman–Crippen MR) is 119 cm³/mol. The number of fused-ring (bicyclic) bond motifs is 1. The fourth-order valence-corrected chi connectivity index (χ4v) is 5.45. The quantitative estimate of drug-likeness (QED) is 0.475. The maximum Gasteiger partial charge on any atom is 0.405 e. The Morgan fingerprint density at radius 3 is 2.55 bits per heavy atom. The molecule has 3 aromatic rings. The number of anilines is 2. The van der Waals surface area contributed by atoms with E-state index in [1.807, 2.05) is 6.92 Å². The first kappa shape index (κ1) is 21.0. The van der Waals surface area contributed by atoms with E-state index < -0.39 is 21.7 Å². The number of amides is 1. The molecule has 2 aromatic heterocycles. The van der Waals surface area contributed by atoms with E-state index in [4.69, 9.17) is 10.8 Å². The average molecular weight is 444 g/mol. The van der Waals surface area contributed by atoms with Gasteiger partial charge in [0.15, 0.2) is 5.65 Å². The van der Waals surface area contributed by atoms with Gasteiger partial charge in [-0.1, -0.05) is 18.2 Å². The second kappa shape index (κ2) is 7.77. The Hall–Kier alpha value is -3.27. The number of carboxylic acid groups (broad SMARTS) is 1. The molecule has 164 valence electrons. The summed E-state index contributed by atoms with van der Waals surface area (Å²) in [5.41, 5.74) is 7.11. The number of hydrogen-bond donors (Lipinski definition) is 4. The number of nitrogens with one attached hydrogen (secondary N) is 2. The molecule has 1 aliphatic carbocycles. The summed E-state index contributed by atoms with van der Waals surface area (Å²) in [6.07, 6.45) is 4.81. The molecule has 31 heavy (non-hydrogen) atoms. The molecular weight excluding hydrogens is 418 g/mol. The molecule has 5 N–H and O–H groups in total. The number of hydrogen-bond acceptors (Lipinski definition) is 6. The van der Waals surface area contributed by atoms with E-state index in [9.17, 15) is 13.2 Å². The van der Waals surface area contributed by atoms with Gasteiger partial charge in [-0.2, -0.15) is 0 Å². The van der Waals surface area contributed by atoms with Gasteiger partial charge in [0.2, 0.25) is 0 Å². The Balaban J connectivity index is 1.62. The van der Waals surface area contributed by atoms with Gasteiger partial charge in [-0.3, -0.25) is 0 Å². The Labute approximate surface area is 180 Å². The van der Waals surface area contributed by atoms with Crippen LogP contribution < -0.4 is 16.4 Å². The average Bonchev–Trinajstić information content (AvgIpc) is 3.17. The molecule has 1 aromatic carbocycles. The van der Waals surface area contributed by atoms with Gasteiger partial charge in [0.05, 0.1) is 22.5 Å². The van der Waals surface area contributed by atoms with Crippen LogP contribution in [-0.4, -0.2) is 40.2 Å². The van der Waals surface area contributed by atoms with Gasteiger partial charge < -0.3 is 21.5 Å². The normalized spacial score (nSPS) is 21.6. The van der Waals surface area contributed by atoms with E-state index in [0.717, 1.165) is 16.8 Å². The van der Waals surface area contributed by atoms with Crippen LogP contribution in [0, 0.1) is 0 Å². The third-order valence-corrected chi connectivity index (χ3v) is 7.54. The monoisotopic (exact) mass is 443 g/mol. The highest BCUT2D eigenvalue weighted by molar-refractivity contribution is 7.90. The maximum atomic E-state index is 13.1. The Morgan fingerprint density at radius 1 is 1.23 bits per heavy atom. The van der Waals surface area contributed by atoms with Crippen molar-refractivity contribution in [3.8, 4) is 0 Å². The molecule has 0 radical (unpaired) electrons. The summed E-state index contributed by atoms with van der Waals surface area (Å²) in [5, 5.41) is 15.7. The van der Waals surface area contributed by atoms with Gasteiger partial charge in [-0.05, 0) is 50.8 Å². The minimum atomic E-state index is -3.79. The first-order chi connectivity index (χ1) is 14.7. The minimum Gasteiger partial charge on any atom is -0.465 e. The lowest BCUT2D eigenvalue weighted by molar-refractivity contribution is 0.166. The largest absolute Gasteiger partial charge is 0.465 e. The van der Waals surface area contributed by atoms with Crippen molar-refractivity contribution in [3.63, 3.8) is 0 Å². The third-order valence-electron chi connectivity index (χ3n) is 5.86. The van der Waals surface area contributed by atoms with E-state index in [2.05, 4.69) is 15.6 Å². The fraction of sp³-hybridized carbons (Fsp3) is 0.333. The van der Waals surface area contributed by atoms with Crippen LogP contribution in [0.25, 0.3) is 11.0 Å². The molecule has 1 aliphatic rings. The van der Waals surface area contributed by atoms with Crippen molar-refractivity contribution in [2.24, 2.45) is 0 Å². The summed E-state index contributed by atoms with van der Waals surface area (Å²) in [4.78, 5) is 15.5. The highest BCUT2D eigenvalue weighted by Crippen LogP contribution is 2.35. The van der Waals surface area contributed by atoms with Gasteiger partial charge in [0.1, 0.15) is 0 Å². The van der Waals surface area contributed by atoms with E-state index in [-0.39, 0.29) is 10.9 Å². The lowest BCUT2D eigenvalue weighted by Crippen LogP contribution is -2.49. The van der Waals surface area contributed by atoms with Crippen molar-refractivity contribution in [1.29, 1.82) is 0 Å². The van der Waals surface area contributed by atoms with Crippen LogP contribution >= 0.6 is 0 Å². The van der Waals surface area contributed by atoms with Crippen molar-refractivity contribution in [2.45, 2.75) is 49.1 Å². The van der Waals surface area contributed by atoms with Crippen LogP contribution in [-0.2, 0) is 10.0 Å². The summed E-state index contributed by atoms with van der Waals surface area (Å²) in [6, 6.07) is 9.98. The standard InChI is InChI=1S/C21H25N5O4S/c1-21(25-20(27)28)10-7-14(8-11-21)24-18-16-9-12-26(19(16)23-13-17(18)22)31(29,30)15-5-3-2-4-6-15/h2-6,9,12-14,25H,7-8,10-11,22H2,1H3,(H,23,24)(H,27,28)/t14-,21+. The van der Waals surface area contributed by atoms with Gasteiger partial charge >= 0.3 is 6.09 Å². The van der Waals surface area contributed by atoms with Crippen molar-refractivity contribution in [2.75, 3.05) is 11.1 Å². The number of nitrogen functional groups attached to an aromatic ring is 1. The molecule has 0 aliphatic heterocycles. The summed E-state index contributed by atoms with van der Waals surface area (Å²) in [7, 11) is -3.79. The molecular formula is C21H25N5O4S. The molecule has 0 unspecified atom stereocenters. The summed E-state index contributed by atoms with van der Waals surface area (Å²) < 4.78 is 27.3. The minimum absolute atomic E-state index is 0.0886. The first-order valence-electron chi connectivity index (χ1n) is 10.0. The number of nitrogens with two attached hydrogens (primary N) is 1. The maximum absolute atomic E-state index is 13.1. The Morgan fingerprint density at radius 2 is 1.90 bits per heavy atom. The molecule has 10 heteroatoms. The van der Waals surface area contributed by atoms with E-state index in [1.165, 1.54) is 12.4 Å². The summed E-state index contributed by atoms with van der Waals surface area (Å²) >= 11 is 0. The zero-order valence-electron chi connectivity index (χ0n) is 17.1. The zero-order chi connectivity index (χ0) is 22.2. The van der Waals surface area contributed by atoms with Crippen molar-refractivity contribution in [1.82, 2.24) is 14.3 Å². The van der Waals surface area contributed by atoms with Crippen LogP contribution in [0.5, 0.6) is 0 Å². The second-order valence-electron chi connectivity index (χ2n) is 8.16. The number of carbonyl (C=O) groups is 1. The topological polar surface area (TPSA) is 139 Å². The highest BCUT2D eigenvalue weighted by atomic mass is 32.2. The van der Waals surface area contributed by atoms with Crippen LogP contribution in [0.4, 0.5) is 16.2 Å². The van der Waals surface area contributed by atoms with Crippen LogP contribution in [0.15, 0.2) is 53.7 Å². The Kier molecular flexibility index (Phi) is 5.26. The lowest BCUT2D eigenvalue weighted by atomic mass is 9.81. The second-order valence-corrected chi connectivity index (χ2v) is 9.98. The van der Waals surface area contributed by atoms with Crippen LogP contribution in [0.3, 0.4) is 0 Å². The predicted octanol–water partition coefficient (Wildman–Crippen LogP) is 3.24. The molecule has 0 saturated heterocycles. The van der Waals surface area contributed by atoms with Crippen molar-refractivity contribution in [3.05, 3.63) is 48.8 Å². The molecule has 0 atom stereocenters. The molecule has 1 amide bonds. The number of benzene rings is 1. The van der Waals surface area contributed by atoms with Gasteiger partial charge in [-0.25, -0.2) is 22.2 Å². The van der Waals surface area contributed by atoms with Gasteiger partial charge in [-0.15, -0.1) is 0 Å². The molecule has 4 rings (SSSR count). The zero-order valence-corrected chi connectivity index (χ0v) is 17.9. The number of nitrogens with zero attached hydrogens (tertiary/aromatic N) is 2. The third kappa shape index (κ3) is 4.02. The molecule has 1 fully saturated rings. The lowest BCUT2D eigenvalue weighted by Gasteiger charge is -2.37. The number of aromatic nitrogens is 2. The van der Waals surface area contributed by atoms with Crippen molar-refractivity contribution < 1.29 is 18.3 Å². The van der Waals surface area contributed by atoms with Gasteiger partial charge in [0, 0.05) is 23.2 Å². The Bertz CT molecular complexity index is 1220. The molecule has 9 nitrogen and oxygen atoms in total. The van der Waals surface area contributed by atoms with E-state index in [1.54, 1.807) is 36.4 Å². The van der Waals surface area contributed by atoms with Crippen LogP contribution in [0.2, 0.25) is 0 Å². The molecule has 0 bridgehead atoms. The van der Waals surface area contributed by atoms with Gasteiger partial charge in [0.25, 0.3) is 10.0 Å². The number of rotatable bonds is 5. The molecule has 1 saturated carbocycles. The van der Waals surface area contributed by atoms with Crippen molar-refractivity contribution >= 4 is 38.5 Å². The summed E-state index contributed by atoms with van der Waals surface area (Å²) in [5.74, 6) is 0. The SMILES string of the molecule is C[C@]1(NC(=O)O)CC[C@@H](Nc2c(N)cnc3c2ccn3S(=O)(=O)c2ccccc2)CC1. The molecule has 0 spiro atoms. The smallest absolute Gasteiger partial charge is 0.405 e. The van der Waals surface area contributed by atoms with E-state index in [0.29, 0.717) is 35.2 Å². The fourth-order valence-electron chi connectivity index (χ4n) is 4.13. The first-order valence-corrected chi connectivity index (χ1v) is 11.5.